The molecule has 1 amide bonds. The number of alkyl halides is 1. The van der Waals surface area contributed by atoms with E-state index in [-0.39, 0.29) is 5.91 Å². The van der Waals surface area contributed by atoms with Crippen molar-refractivity contribution in [2.24, 2.45) is 11.8 Å². The van der Waals surface area contributed by atoms with Crippen molar-refractivity contribution in [1.82, 2.24) is 9.80 Å². The highest BCUT2D eigenvalue weighted by molar-refractivity contribution is 5.80. The summed E-state index contributed by atoms with van der Waals surface area (Å²) in [5.41, 5.74) is 0. The molecule has 0 unspecified atom stereocenters. The lowest BCUT2D eigenvalue weighted by Gasteiger charge is -2.37. The zero-order chi connectivity index (χ0) is 16.8. The van der Waals surface area contributed by atoms with Gasteiger partial charge in [0.15, 0.2) is 6.17 Å². The van der Waals surface area contributed by atoms with E-state index in [1.165, 1.54) is 19.3 Å². The number of likely N-dealkylation sites (tertiary alicyclic amines) is 1. The van der Waals surface area contributed by atoms with Crippen LogP contribution in [-0.4, -0.2) is 67.8 Å². The minimum absolute atomic E-state index is 0.243. The summed E-state index contributed by atoms with van der Waals surface area (Å²) in [6, 6.07) is 0. The number of rotatable bonds is 5. The second kappa shape index (κ2) is 9.14. The van der Waals surface area contributed by atoms with Crippen LogP contribution in [-0.2, 0) is 9.53 Å². The van der Waals surface area contributed by atoms with Gasteiger partial charge in [0.25, 0.3) is 5.91 Å². The monoisotopic (exact) mass is 340 g/mol. The second-order valence-electron chi connectivity index (χ2n) is 7.91. The fraction of sp³-hybridized carbons (Fsp3) is 0.947. The first-order valence-electron chi connectivity index (χ1n) is 9.95. The molecule has 24 heavy (non-hydrogen) atoms. The summed E-state index contributed by atoms with van der Waals surface area (Å²) >= 11 is 0. The Balaban J connectivity index is 1.44. The van der Waals surface area contributed by atoms with Gasteiger partial charge in [-0.15, -0.1) is 0 Å². The Kier molecular flexibility index (Phi) is 6.90. The van der Waals surface area contributed by atoms with Crippen molar-refractivity contribution in [2.45, 2.75) is 57.5 Å². The summed E-state index contributed by atoms with van der Waals surface area (Å²) in [4.78, 5) is 16.8. The van der Waals surface area contributed by atoms with Crippen molar-refractivity contribution in [3.05, 3.63) is 0 Å². The van der Waals surface area contributed by atoms with E-state index >= 15 is 0 Å². The average Bonchev–Trinajstić information content (AvgIpc) is 2.63. The lowest BCUT2D eigenvalue weighted by molar-refractivity contribution is -0.139. The van der Waals surface area contributed by atoms with Crippen LogP contribution in [0.1, 0.15) is 51.4 Å². The smallest absolute Gasteiger partial charge is 0.257 e. The van der Waals surface area contributed by atoms with Gasteiger partial charge in [-0.3, -0.25) is 9.69 Å². The highest BCUT2D eigenvalue weighted by atomic mass is 19.1. The number of carbonyl (C=O) groups is 1. The Hall–Kier alpha value is -0.680. The number of piperidine rings is 1. The summed E-state index contributed by atoms with van der Waals surface area (Å²) < 4.78 is 19.9. The van der Waals surface area contributed by atoms with Gasteiger partial charge in [-0.05, 0) is 31.1 Å². The highest BCUT2D eigenvalue weighted by Gasteiger charge is 2.31. The van der Waals surface area contributed by atoms with E-state index in [1.807, 2.05) is 4.90 Å². The maximum Gasteiger partial charge on any atom is 0.257 e. The van der Waals surface area contributed by atoms with Crippen LogP contribution in [0, 0.1) is 11.8 Å². The van der Waals surface area contributed by atoms with E-state index in [4.69, 9.17) is 4.74 Å². The quantitative estimate of drug-likeness (QED) is 0.771. The summed E-state index contributed by atoms with van der Waals surface area (Å²) in [5.74, 6) is 0.668. The van der Waals surface area contributed by atoms with Crippen molar-refractivity contribution < 1.29 is 13.9 Å². The van der Waals surface area contributed by atoms with E-state index < -0.39 is 6.17 Å². The minimum Gasteiger partial charge on any atom is -0.379 e. The molecular formula is C19H33FN2O2. The van der Waals surface area contributed by atoms with Crippen molar-refractivity contribution >= 4 is 5.91 Å². The normalized spacial score (nSPS) is 28.7. The van der Waals surface area contributed by atoms with E-state index in [2.05, 4.69) is 4.90 Å². The number of morpholine rings is 1. The second-order valence-corrected chi connectivity index (χ2v) is 7.91. The summed E-state index contributed by atoms with van der Waals surface area (Å²) in [7, 11) is 0. The fourth-order valence-corrected chi connectivity index (χ4v) is 4.58. The first kappa shape index (κ1) is 18.1. The molecule has 3 fully saturated rings. The van der Waals surface area contributed by atoms with Gasteiger partial charge in [-0.25, -0.2) is 4.39 Å². The molecule has 2 aliphatic heterocycles. The van der Waals surface area contributed by atoms with E-state index in [9.17, 15) is 9.18 Å². The fourth-order valence-electron chi connectivity index (χ4n) is 4.58. The third-order valence-electron chi connectivity index (χ3n) is 5.98. The van der Waals surface area contributed by atoms with Crippen LogP contribution in [0.2, 0.25) is 0 Å². The van der Waals surface area contributed by atoms with Gasteiger partial charge >= 0.3 is 0 Å². The van der Waals surface area contributed by atoms with Crippen LogP contribution in [0.25, 0.3) is 0 Å². The van der Waals surface area contributed by atoms with E-state index in [0.29, 0.717) is 18.3 Å². The Morgan fingerprint density at radius 3 is 2.46 bits per heavy atom. The summed E-state index contributed by atoms with van der Waals surface area (Å²) in [5, 5.41) is 0. The maximum absolute atomic E-state index is 14.5. The zero-order valence-corrected chi connectivity index (χ0v) is 14.9. The van der Waals surface area contributed by atoms with Crippen molar-refractivity contribution in [1.29, 1.82) is 0 Å². The van der Waals surface area contributed by atoms with Crippen LogP contribution in [0.3, 0.4) is 0 Å². The van der Waals surface area contributed by atoms with Gasteiger partial charge in [0.1, 0.15) is 0 Å². The predicted molar refractivity (Wildman–Crippen MR) is 92.7 cm³/mol. The molecule has 5 heteroatoms. The molecule has 0 bridgehead atoms. The Morgan fingerprint density at radius 2 is 1.71 bits per heavy atom. The van der Waals surface area contributed by atoms with Crippen LogP contribution >= 0.6 is 0 Å². The van der Waals surface area contributed by atoms with Gasteiger partial charge in [-0.2, -0.15) is 0 Å². The summed E-state index contributed by atoms with van der Waals surface area (Å²) in [6.45, 7) is 6.08. The molecule has 4 nitrogen and oxygen atoms in total. The maximum atomic E-state index is 14.5. The Morgan fingerprint density at radius 1 is 1.00 bits per heavy atom. The molecule has 2 heterocycles. The van der Waals surface area contributed by atoms with Gasteiger partial charge in [0.05, 0.1) is 13.2 Å². The number of amides is 1. The predicted octanol–water partition coefficient (Wildman–Crippen LogP) is 2.87. The molecule has 1 aliphatic carbocycles. The first-order valence-corrected chi connectivity index (χ1v) is 9.95. The van der Waals surface area contributed by atoms with Crippen LogP contribution in [0.15, 0.2) is 0 Å². The molecule has 3 rings (SSSR count). The Bertz CT molecular complexity index is 395. The van der Waals surface area contributed by atoms with Gasteiger partial charge in [0, 0.05) is 32.7 Å². The van der Waals surface area contributed by atoms with Crippen LogP contribution in [0.4, 0.5) is 4.39 Å². The lowest BCUT2D eigenvalue weighted by atomic mass is 9.85. The molecule has 2 atom stereocenters. The van der Waals surface area contributed by atoms with Crippen LogP contribution in [0.5, 0.6) is 0 Å². The van der Waals surface area contributed by atoms with Crippen LogP contribution < -0.4 is 0 Å². The van der Waals surface area contributed by atoms with Crippen molar-refractivity contribution in [2.75, 3.05) is 45.9 Å². The molecule has 0 spiro atoms. The summed E-state index contributed by atoms with van der Waals surface area (Å²) in [6.07, 6.45) is 7.22. The molecule has 1 saturated carbocycles. The molecule has 0 radical (unpaired) electrons. The Labute approximate surface area is 145 Å². The highest BCUT2D eigenvalue weighted by Crippen LogP contribution is 2.29. The number of nitrogens with zero attached hydrogens (tertiary/aromatic N) is 2. The molecular weight excluding hydrogens is 307 g/mol. The molecule has 0 N–H and O–H groups in total. The lowest BCUT2D eigenvalue weighted by Crippen LogP contribution is -2.48. The average molecular weight is 340 g/mol. The number of halogens is 1. The SMILES string of the molecule is O=C([C@H](F)CC1CCCCC1)N1CCC[C@@H](CN2CCOCC2)C1. The number of ether oxygens (including phenoxy) is 1. The number of hydrogen-bond donors (Lipinski definition) is 0. The van der Waals surface area contributed by atoms with Crippen molar-refractivity contribution in [3.8, 4) is 0 Å². The molecule has 0 aromatic rings. The molecule has 0 aromatic heterocycles. The van der Waals surface area contributed by atoms with E-state index in [1.54, 1.807) is 0 Å². The van der Waals surface area contributed by atoms with E-state index in [0.717, 1.165) is 71.6 Å². The third kappa shape index (κ3) is 5.16. The van der Waals surface area contributed by atoms with Gasteiger partial charge < -0.3 is 9.64 Å². The molecule has 0 aromatic carbocycles. The molecule has 3 aliphatic rings. The van der Waals surface area contributed by atoms with Crippen molar-refractivity contribution in [3.63, 3.8) is 0 Å². The van der Waals surface area contributed by atoms with Gasteiger partial charge in [0.2, 0.25) is 0 Å². The molecule has 138 valence electrons. The third-order valence-corrected chi connectivity index (χ3v) is 5.98. The number of carbonyl (C=O) groups excluding carboxylic acids is 1. The topological polar surface area (TPSA) is 32.8 Å². The zero-order valence-electron chi connectivity index (χ0n) is 14.9. The largest absolute Gasteiger partial charge is 0.379 e. The van der Waals surface area contributed by atoms with Gasteiger partial charge in [-0.1, -0.05) is 32.1 Å². The minimum atomic E-state index is -1.28. The number of hydrogen-bond acceptors (Lipinski definition) is 3. The first-order chi connectivity index (χ1) is 11.7. The standard InChI is InChI=1S/C19H33FN2O2/c20-18(13-16-5-2-1-3-6-16)19(23)22-8-4-7-17(15-22)14-21-9-11-24-12-10-21/h16-18H,1-15H2/t17-,18+/m0/s1. The molecule has 2 saturated heterocycles.